The molecule has 0 atom stereocenters. The molecule has 3 aromatic rings. The van der Waals surface area contributed by atoms with Gasteiger partial charge in [0.05, 0.1) is 13.1 Å². The summed E-state index contributed by atoms with van der Waals surface area (Å²) in [5, 5.41) is 0. The van der Waals surface area contributed by atoms with Gasteiger partial charge in [0.1, 0.15) is 11.6 Å². The van der Waals surface area contributed by atoms with Crippen LogP contribution in [0, 0.1) is 37.1 Å². The number of rotatable bonds is 4. The van der Waals surface area contributed by atoms with E-state index in [0.29, 0.717) is 11.6 Å². The summed E-state index contributed by atoms with van der Waals surface area (Å²) in [5.41, 5.74) is -1.34. The molecule has 8 heteroatoms. The van der Waals surface area contributed by atoms with Crippen LogP contribution in [0.25, 0.3) is 0 Å². The van der Waals surface area contributed by atoms with Crippen LogP contribution in [0.4, 0.5) is 17.6 Å². The van der Waals surface area contributed by atoms with Crippen LogP contribution in [0.3, 0.4) is 0 Å². The van der Waals surface area contributed by atoms with E-state index >= 15 is 0 Å². The van der Waals surface area contributed by atoms with Crippen molar-refractivity contribution in [3.05, 3.63) is 70.8 Å². The zero-order valence-electron chi connectivity index (χ0n) is 13.0. The Balaban J connectivity index is 2.05. The van der Waals surface area contributed by atoms with Gasteiger partial charge in [0.2, 0.25) is 0 Å². The second-order valence-electron chi connectivity index (χ2n) is 5.42. The number of nitrogens with zero attached hydrogens (tertiary/aromatic N) is 4. The van der Waals surface area contributed by atoms with Crippen molar-refractivity contribution in [1.82, 2.24) is 19.1 Å². The second kappa shape index (κ2) is 6.10. The van der Waals surface area contributed by atoms with Gasteiger partial charge in [-0.2, -0.15) is 0 Å². The lowest BCUT2D eigenvalue weighted by Crippen LogP contribution is -2.14. The van der Waals surface area contributed by atoms with Crippen LogP contribution in [-0.2, 0) is 13.1 Å². The van der Waals surface area contributed by atoms with E-state index in [0.717, 1.165) is 0 Å². The Bertz CT molecular complexity index is 795. The summed E-state index contributed by atoms with van der Waals surface area (Å²) >= 11 is 0. The molecule has 126 valence electrons. The summed E-state index contributed by atoms with van der Waals surface area (Å²) in [7, 11) is 0. The molecule has 0 N–H and O–H groups in total. The van der Waals surface area contributed by atoms with Crippen LogP contribution in [0.15, 0.2) is 24.8 Å². The van der Waals surface area contributed by atoms with Crippen molar-refractivity contribution in [2.24, 2.45) is 0 Å². The first kappa shape index (κ1) is 16.2. The number of imidazole rings is 2. The maximum atomic E-state index is 14.3. The van der Waals surface area contributed by atoms with E-state index < -0.39 is 34.4 Å². The molecule has 4 nitrogen and oxygen atoms in total. The van der Waals surface area contributed by atoms with Crippen molar-refractivity contribution >= 4 is 0 Å². The van der Waals surface area contributed by atoms with Gasteiger partial charge in [0, 0.05) is 35.9 Å². The normalized spacial score (nSPS) is 11.2. The number of halogens is 4. The summed E-state index contributed by atoms with van der Waals surface area (Å²) in [6.07, 6.45) is 5.83. The predicted octanol–water partition coefficient (Wildman–Crippen LogP) is 3.35. The van der Waals surface area contributed by atoms with Crippen LogP contribution in [0.1, 0.15) is 22.8 Å². The Morgan fingerprint density at radius 2 is 1.04 bits per heavy atom. The number of benzene rings is 1. The minimum atomic E-state index is -1.39. The Morgan fingerprint density at radius 3 is 1.29 bits per heavy atom. The van der Waals surface area contributed by atoms with Gasteiger partial charge in [-0.15, -0.1) is 0 Å². The van der Waals surface area contributed by atoms with E-state index in [9.17, 15) is 17.6 Å². The van der Waals surface area contributed by atoms with Crippen LogP contribution in [-0.4, -0.2) is 19.1 Å². The Morgan fingerprint density at radius 1 is 0.708 bits per heavy atom. The van der Waals surface area contributed by atoms with E-state index in [1.165, 1.54) is 33.9 Å². The first-order chi connectivity index (χ1) is 11.4. The lowest BCUT2D eigenvalue weighted by atomic mass is 10.1. The minimum Gasteiger partial charge on any atom is -0.331 e. The van der Waals surface area contributed by atoms with Crippen molar-refractivity contribution in [1.29, 1.82) is 0 Å². The first-order valence-electron chi connectivity index (χ1n) is 7.19. The van der Waals surface area contributed by atoms with Crippen LogP contribution in [0.2, 0.25) is 0 Å². The maximum absolute atomic E-state index is 14.3. The molecule has 0 aliphatic heterocycles. The van der Waals surface area contributed by atoms with Gasteiger partial charge in [-0.25, -0.2) is 27.5 Å². The highest BCUT2D eigenvalue weighted by Crippen LogP contribution is 2.26. The van der Waals surface area contributed by atoms with E-state index in [4.69, 9.17) is 0 Å². The summed E-state index contributed by atoms with van der Waals surface area (Å²) in [6, 6.07) is 0. The molecule has 24 heavy (non-hydrogen) atoms. The largest absolute Gasteiger partial charge is 0.331 e. The molecule has 0 spiro atoms. The molecule has 2 heterocycles. The molecule has 0 unspecified atom stereocenters. The molecule has 0 aliphatic carbocycles. The average Bonchev–Trinajstić information content (AvgIpc) is 3.15. The van der Waals surface area contributed by atoms with Crippen molar-refractivity contribution in [3.8, 4) is 0 Å². The summed E-state index contributed by atoms with van der Waals surface area (Å²) in [4.78, 5) is 7.83. The fourth-order valence-corrected chi connectivity index (χ4v) is 2.48. The van der Waals surface area contributed by atoms with Crippen LogP contribution in [0.5, 0.6) is 0 Å². The van der Waals surface area contributed by atoms with Crippen LogP contribution < -0.4 is 0 Å². The average molecular weight is 338 g/mol. The van der Waals surface area contributed by atoms with Gasteiger partial charge in [0.25, 0.3) is 0 Å². The molecule has 0 aliphatic rings. The molecular weight excluding hydrogens is 324 g/mol. The Kier molecular flexibility index (Phi) is 4.13. The van der Waals surface area contributed by atoms with Gasteiger partial charge in [-0.3, -0.25) is 0 Å². The standard InChI is InChI=1S/C16H14F4N4/c1-9-21-3-5-23(9)7-11-13(17)15(19)12(16(20)14(11)18)8-24-6-4-22-10(24)2/h3-6H,7-8H2,1-2H3. The fourth-order valence-electron chi connectivity index (χ4n) is 2.48. The number of aryl methyl sites for hydroxylation is 2. The Hall–Kier alpha value is -2.64. The van der Waals surface area contributed by atoms with E-state index in [-0.39, 0.29) is 13.1 Å². The summed E-state index contributed by atoms with van der Waals surface area (Å²) in [5.74, 6) is -4.62. The molecule has 3 rings (SSSR count). The fraction of sp³-hybridized carbons (Fsp3) is 0.250. The SMILES string of the molecule is Cc1nccn1Cc1c(F)c(F)c(Cn2ccnc2C)c(F)c1F. The smallest absolute Gasteiger partial charge is 0.167 e. The maximum Gasteiger partial charge on any atom is 0.167 e. The molecule has 2 aromatic heterocycles. The van der Waals surface area contributed by atoms with Gasteiger partial charge >= 0.3 is 0 Å². The van der Waals surface area contributed by atoms with Crippen molar-refractivity contribution in [2.45, 2.75) is 26.9 Å². The van der Waals surface area contributed by atoms with Crippen molar-refractivity contribution < 1.29 is 17.6 Å². The Labute approximate surface area is 135 Å². The van der Waals surface area contributed by atoms with E-state index in [1.807, 2.05) is 0 Å². The number of hydrogen-bond donors (Lipinski definition) is 0. The molecule has 0 saturated carbocycles. The molecule has 0 fully saturated rings. The lowest BCUT2D eigenvalue weighted by Gasteiger charge is -2.14. The van der Waals surface area contributed by atoms with Gasteiger partial charge in [-0.05, 0) is 13.8 Å². The molecule has 0 radical (unpaired) electrons. The number of hydrogen-bond acceptors (Lipinski definition) is 2. The summed E-state index contributed by atoms with van der Waals surface area (Å²) in [6.45, 7) is 2.56. The third-order valence-electron chi connectivity index (χ3n) is 3.95. The predicted molar refractivity (Wildman–Crippen MR) is 78.4 cm³/mol. The molecule has 0 saturated heterocycles. The van der Waals surface area contributed by atoms with Gasteiger partial charge in [-0.1, -0.05) is 0 Å². The monoisotopic (exact) mass is 338 g/mol. The zero-order valence-corrected chi connectivity index (χ0v) is 13.0. The molecule has 0 bridgehead atoms. The quantitative estimate of drug-likeness (QED) is 0.540. The lowest BCUT2D eigenvalue weighted by molar-refractivity contribution is 0.417. The first-order valence-corrected chi connectivity index (χ1v) is 7.19. The van der Waals surface area contributed by atoms with Crippen molar-refractivity contribution in [3.63, 3.8) is 0 Å². The zero-order chi connectivity index (χ0) is 17.4. The number of aromatic nitrogens is 4. The molecular formula is C16H14F4N4. The highest BCUT2D eigenvalue weighted by molar-refractivity contribution is 5.31. The van der Waals surface area contributed by atoms with Gasteiger partial charge < -0.3 is 9.13 Å². The highest BCUT2D eigenvalue weighted by atomic mass is 19.2. The third kappa shape index (κ3) is 2.68. The summed E-state index contributed by atoms with van der Waals surface area (Å²) < 4.78 is 60.1. The van der Waals surface area contributed by atoms with Crippen LogP contribution >= 0.6 is 0 Å². The highest BCUT2D eigenvalue weighted by Gasteiger charge is 2.26. The third-order valence-corrected chi connectivity index (χ3v) is 3.95. The van der Waals surface area contributed by atoms with Crippen molar-refractivity contribution in [2.75, 3.05) is 0 Å². The molecule has 1 aromatic carbocycles. The van der Waals surface area contributed by atoms with E-state index in [1.54, 1.807) is 13.8 Å². The minimum absolute atomic E-state index is 0.346. The van der Waals surface area contributed by atoms with Gasteiger partial charge in [0.15, 0.2) is 23.3 Å². The molecule has 0 amide bonds. The second-order valence-corrected chi connectivity index (χ2v) is 5.42. The topological polar surface area (TPSA) is 35.6 Å². The van der Waals surface area contributed by atoms with E-state index in [2.05, 4.69) is 9.97 Å².